The largest absolute Gasteiger partial charge is 0.471 e. The number of aliphatic hydroxyl groups excluding tert-OH is 2. The number of rotatable bonds is 11. The molecule has 38 heavy (non-hydrogen) atoms. The van der Waals surface area contributed by atoms with E-state index in [1.54, 1.807) is 4.57 Å². The van der Waals surface area contributed by atoms with Gasteiger partial charge in [0.2, 0.25) is 5.88 Å². The topological polar surface area (TPSA) is 159 Å². The SMILES string of the molecule is N=Nc1nc(OCc2ccccc2)c2ncn([C@H]3C[C@H](O)[C@@H](CCOCc4ccccc4)[C@@]3(O)CO)c2n1. The molecule has 4 N–H and O–H groups in total. The molecule has 1 aliphatic rings. The second kappa shape index (κ2) is 11.3. The highest BCUT2D eigenvalue weighted by Crippen LogP contribution is 2.46. The van der Waals surface area contributed by atoms with Crippen LogP contribution in [0.15, 0.2) is 72.1 Å². The number of nitrogens with zero attached hydrogens (tertiary/aromatic N) is 5. The van der Waals surface area contributed by atoms with Crippen LogP contribution < -0.4 is 4.74 Å². The van der Waals surface area contributed by atoms with Crippen molar-refractivity contribution in [3.8, 4) is 5.88 Å². The molecule has 2 aromatic heterocycles. The molecule has 0 spiro atoms. The fraction of sp³-hybridized carbons (Fsp3) is 0.370. The Hall–Kier alpha value is -3.77. The standard InChI is InChI=1S/C27H30N6O5/c28-32-26-30-24-23(25(31-26)38-15-19-9-5-2-6-10-19)29-17-33(24)22-13-21(35)20(27(22,36)16-34)11-12-37-14-18-7-3-1-4-8-18/h1-10,17,20-22,28,34-36H,11-16H2/t20-,21+,22+,27+/m1/s1. The van der Waals surface area contributed by atoms with E-state index in [0.717, 1.165) is 11.1 Å². The molecular weight excluding hydrogens is 488 g/mol. The van der Waals surface area contributed by atoms with E-state index in [2.05, 4.69) is 20.1 Å². The Morgan fingerprint density at radius 3 is 2.37 bits per heavy atom. The number of benzene rings is 2. The van der Waals surface area contributed by atoms with Crippen molar-refractivity contribution in [3.63, 3.8) is 0 Å². The molecule has 0 aliphatic heterocycles. The van der Waals surface area contributed by atoms with Crippen LogP contribution in [0.5, 0.6) is 5.88 Å². The summed E-state index contributed by atoms with van der Waals surface area (Å²) in [6.07, 6.45) is 1.12. The molecule has 2 heterocycles. The molecule has 1 aliphatic carbocycles. The van der Waals surface area contributed by atoms with Crippen molar-refractivity contribution in [2.75, 3.05) is 13.2 Å². The number of hydrogen-bond donors (Lipinski definition) is 4. The Kier molecular flexibility index (Phi) is 7.70. The summed E-state index contributed by atoms with van der Waals surface area (Å²) in [6, 6.07) is 18.5. The van der Waals surface area contributed by atoms with Crippen molar-refractivity contribution >= 4 is 17.1 Å². The number of aromatic nitrogens is 4. The Morgan fingerprint density at radius 1 is 1.03 bits per heavy atom. The molecule has 0 radical (unpaired) electrons. The molecule has 2 aromatic carbocycles. The highest BCUT2D eigenvalue weighted by Gasteiger charge is 2.54. The summed E-state index contributed by atoms with van der Waals surface area (Å²) in [6.45, 7) is 0.373. The van der Waals surface area contributed by atoms with Gasteiger partial charge in [-0.15, -0.1) is 5.11 Å². The second-order valence-corrected chi connectivity index (χ2v) is 9.44. The van der Waals surface area contributed by atoms with Gasteiger partial charge >= 0.3 is 0 Å². The van der Waals surface area contributed by atoms with E-state index in [-0.39, 0.29) is 24.9 Å². The molecule has 11 nitrogen and oxygen atoms in total. The zero-order valence-corrected chi connectivity index (χ0v) is 20.7. The average molecular weight is 519 g/mol. The van der Waals surface area contributed by atoms with Gasteiger partial charge in [-0.2, -0.15) is 9.97 Å². The molecule has 198 valence electrons. The van der Waals surface area contributed by atoms with E-state index in [9.17, 15) is 15.3 Å². The maximum Gasteiger partial charge on any atom is 0.273 e. The third-order valence-electron chi connectivity index (χ3n) is 7.12. The van der Waals surface area contributed by atoms with Crippen LogP contribution in [0.4, 0.5) is 5.95 Å². The summed E-state index contributed by atoms with van der Waals surface area (Å²) in [5.74, 6) is -0.610. The zero-order valence-electron chi connectivity index (χ0n) is 20.7. The lowest BCUT2D eigenvalue weighted by Crippen LogP contribution is -2.46. The molecule has 1 fully saturated rings. The number of ether oxygens (including phenoxy) is 2. The van der Waals surface area contributed by atoms with E-state index in [4.69, 9.17) is 15.0 Å². The third kappa shape index (κ3) is 5.14. The normalized spacial score (nSPS) is 23.1. The van der Waals surface area contributed by atoms with E-state index in [0.29, 0.717) is 30.8 Å². The van der Waals surface area contributed by atoms with Gasteiger partial charge in [-0.1, -0.05) is 60.7 Å². The van der Waals surface area contributed by atoms with Gasteiger partial charge in [-0.05, 0) is 24.0 Å². The first kappa shape index (κ1) is 25.9. The highest BCUT2D eigenvalue weighted by molar-refractivity contribution is 5.77. The van der Waals surface area contributed by atoms with Gasteiger partial charge in [0.25, 0.3) is 5.95 Å². The molecule has 0 unspecified atom stereocenters. The Labute approximate surface area is 219 Å². The first-order valence-corrected chi connectivity index (χ1v) is 12.4. The minimum atomic E-state index is -1.66. The van der Waals surface area contributed by atoms with Gasteiger partial charge in [0.05, 0.1) is 31.7 Å². The van der Waals surface area contributed by atoms with E-state index >= 15 is 0 Å². The monoisotopic (exact) mass is 518 g/mol. The van der Waals surface area contributed by atoms with E-state index in [1.165, 1.54) is 6.33 Å². The van der Waals surface area contributed by atoms with Crippen LogP contribution in [0.1, 0.15) is 30.0 Å². The van der Waals surface area contributed by atoms with Crippen LogP contribution in [0.2, 0.25) is 0 Å². The van der Waals surface area contributed by atoms with Crippen molar-refractivity contribution < 1.29 is 24.8 Å². The van der Waals surface area contributed by atoms with Crippen molar-refractivity contribution in [1.82, 2.24) is 19.5 Å². The average Bonchev–Trinajstić information content (AvgIpc) is 3.49. The third-order valence-corrected chi connectivity index (χ3v) is 7.12. The maximum absolute atomic E-state index is 11.6. The molecule has 4 aromatic rings. The number of fused-ring (bicyclic) bond motifs is 1. The maximum atomic E-state index is 11.6. The van der Waals surface area contributed by atoms with Crippen molar-refractivity contribution in [1.29, 1.82) is 5.53 Å². The summed E-state index contributed by atoms with van der Waals surface area (Å²) < 4.78 is 13.3. The highest BCUT2D eigenvalue weighted by atomic mass is 16.5. The summed E-state index contributed by atoms with van der Waals surface area (Å²) >= 11 is 0. The van der Waals surface area contributed by atoms with E-state index < -0.39 is 30.3 Å². The predicted octanol–water partition coefficient (Wildman–Crippen LogP) is 3.32. The lowest BCUT2D eigenvalue weighted by Gasteiger charge is -2.34. The quantitative estimate of drug-likeness (QED) is 0.174. The van der Waals surface area contributed by atoms with Gasteiger partial charge in [0.15, 0.2) is 11.2 Å². The summed E-state index contributed by atoms with van der Waals surface area (Å²) in [5.41, 5.74) is 8.37. The van der Waals surface area contributed by atoms with Crippen molar-refractivity contribution in [2.45, 2.75) is 43.8 Å². The first-order valence-electron chi connectivity index (χ1n) is 12.4. The first-order chi connectivity index (χ1) is 18.5. The van der Waals surface area contributed by atoms with Gasteiger partial charge < -0.3 is 29.4 Å². The Morgan fingerprint density at radius 2 is 1.71 bits per heavy atom. The summed E-state index contributed by atoms with van der Waals surface area (Å²) in [5, 5.41) is 36.2. The molecule has 0 saturated heterocycles. The molecule has 4 atom stereocenters. The van der Waals surface area contributed by atoms with Crippen LogP contribution in [0.3, 0.4) is 0 Å². The molecule has 5 rings (SSSR count). The Bertz CT molecular complexity index is 1370. The molecule has 1 saturated carbocycles. The van der Waals surface area contributed by atoms with Gasteiger partial charge in [-0.3, -0.25) is 0 Å². The van der Waals surface area contributed by atoms with Crippen molar-refractivity contribution in [3.05, 3.63) is 78.1 Å². The number of aliphatic hydroxyl groups is 3. The predicted molar refractivity (Wildman–Crippen MR) is 137 cm³/mol. The number of nitrogens with one attached hydrogen (secondary N) is 1. The second-order valence-electron chi connectivity index (χ2n) is 9.44. The van der Waals surface area contributed by atoms with Crippen LogP contribution in [-0.4, -0.2) is 59.8 Å². The fourth-order valence-corrected chi connectivity index (χ4v) is 5.16. The number of imidazole rings is 1. The fourth-order valence-electron chi connectivity index (χ4n) is 5.16. The van der Waals surface area contributed by atoms with Crippen LogP contribution in [0.25, 0.3) is 11.2 Å². The van der Waals surface area contributed by atoms with Crippen LogP contribution >= 0.6 is 0 Å². The molecular formula is C27H30N6O5. The lowest BCUT2D eigenvalue weighted by molar-refractivity contribution is -0.0926. The molecule has 0 bridgehead atoms. The van der Waals surface area contributed by atoms with Gasteiger partial charge in [0.1, 0.15) is 12.2 Å². The Balaban J connectivity index is 1.37. The van der Waals surface area contributed by atoms with E-state index in [1.807, 2.05) is 60.7 Å². The number of hydrogen-bond acceptors (Lipinski definition) is 10. The lowest BCUT2D eigenvalue weighted by atomic mass is 9.86. The smallest absolute Gasteiger partial charge is 0.273 e. The van der Waals surface area contributed by atoms with Crippen LogP contribution in [0, 0.1) is 11.4 Å². The summed E-state index contributed by atoms with van der Waals surface area (Å²) in [4.78, 5) is 12.9. The minimum Gasteiger partial charge on any atom is -0.471 e. The molecule has 0 amide bonds. The summed E-state index contributed by atoms with van der Waals surface area (Å²) in [7, 11) is 0. The van der Waals surface area contributed by atoms with Gasteiger partial charge in [-0.25, -0.2) is 10.5 Å². The molecule has 11 heteroatoms. The van der Waals surface area contributed by atoms with Gasteiger partial charge in [0, 0.05) is 12.5 Å². The van der Waals surface area contributed by atoms with Crippen molar-refractivity contribution in [2.24, 2.45) is 11.0 Å². The minimum absolute atomic E-state index is 0.126. The zero-order chi connectivity index (χ0) is 26.5. The van der Waals surface area contributed by atoms with Crippen LogP contribution in [-0.2, 0) is 18.0 Å².